The van der Waals surface area contributed by atoms with E-state index >= 15 is 0 Å². The molecule has 0 aromatic rings. The molecule has 0 aromatic carbocycles. The van der Waals surface area contributed by atoms with E-state index in [1.807, 2.05) is 0 Å². The summed E-state index contributed by atoms with van der Waals surface area (Å²) in [4.78, 5) is 23.5. The van der Waals surface area contributed by atoms with Gasteiger partial charge in [-0.15, -0.1) is 0 Å². The number of carbonyl (C=O) groups excluding carboxylic acids is 2. The van der Waals surface area contributed by atoms with Crippen molar-refractivity contribution in [1.29, 1.82) is 0 Å². The summed E-state index contributed by atoms with van der Waals surface area (Å²) in [6, 6.07) is -0.896. The van der Waals surface area contributed by atoms with E-state index in [1.54, 1.807) is 0 Å². The Labute approximate surface area is 80.1 Å². The third-order valence-corrected chi connectivity index (χ3v) is 3.15. The van der Waals surface area contributed by atoms with Crippen molar-refractivity contribution < 1.29 is 18.4 Å². The van der Waals surface area contributed by atoms with Crippen LogP contribution in [0.1, 0.15) is 13.8 Å². The number of halogens is 2. The van der Waals surface area contributed by atoms with Gasteiger partial charge in [0.05, 0.1) is 17.9 Å². The van der Waals surface area contributed by atoms with Crippen LogP contribution in [0.5, 0.6) is 0 Å². The quantitative estimate of drug-likeness (QED) is 0.628. The molecule has 2 fully saturated rings. The number of ketones is 1. The lowest BCUT2D eigenvalue weighted by Crippen LogP contribution is -2.44. The van der Waals surface area contributed by atoms with Crippen LogP contribution in [0.2, 0.25) is 0 Å². The standard InChI is InChI=1S/C9H11F2NO2/c1-4(13)8-7-6(9(7,10)11)3-12(8)5(2)14/h6-8H,3H2,1-2H3/t6-,7-,8?/m0/s1. The van der Waals surface area contributed by atoms with Crippen molar-refractivity contribution in [3.63, 3.8) is 0 Å². The number of amides is 1. The molecule has 1 aliphatic carbocycles. The highest BCUT2D eigenvalue weighted by Crippen LogP contribution is 2.62. The maximum Gasteiger partial charge on any atom is 0.258 e. The molecular formula is C9H11F2NO2. The molecule has 2 aliphatic rings. The van der Waals surface area contributed by atoms with Gasteiger partial charge in [-0.25, -0.2) is 8.78 Å². The van der Waals surface area contributed by atoms with E-state index < -0.39 is 23.8 Å². The van der Waals surface area contributed by atoms with Crippen LogP contribution >= 0.6 is 0 Å². The van der Waals surface area contributed by atoms with Crippen LogP contribution in [0.25, 0.3) is 0 Å². The number of Topliss-reactive ketones (excluding diaryl/α,β-unsaturated/α-hetero) is 1. The van der Waals surface area contributed by atoms with E-state index in [1.165, 1.54) is 18.7 Å². The number of alkyl halides is 2. The van der Waals surface area contributed by atoms with Crippen molar-refractivity contribution in [3.05, 3.63) is 0 Å². The van der Waals surface area contributed by atoms with Crippen LogP contribution in [0.15, 0.2) is 0 Å². The highest BCUT2D eigenvalue weighted by atomic mass is 19.3. The topological polar surface area (TPSA) is 37.4 Å². The normalized spacial score (nSPS) is 38.0. The lowest BCUT2D eigenvalue weighted by molar-refractivity contribution is -0.138. The smallest absolute Gasteiger partial charge is 0.258 e. The van der Waals surface area contributed by atoms with Gasteiger partial charge in [-0.1, -0.05) is 0 Å². The number of likely N-dealkylation sites (tertiary alicyclic amines) is 1. The molecule has 78 valence electrons. The molecule has 0 spiro atoms. The van der Waals surface area contributed by atoms with Crippen molar-refractivity contribution in [2.24, 2.45) is 11.8 Å². The van der Waals surface area contributed by atoms with Gasteiger partial charge in [-0.05, 0) is 6.92 Å². The molecule has 0 bridgehead atoms. The predicted molar refractivity (Wildman–Crippen MR) is 43.8 cm³/mol. The van der Waals surface area contributed by atoms with Gasteiger partial charge in [0, 0.05) is 13.5 Å². The van der Waals surface area contributed by atoms with Gasteiger partial charge in [0.2, 0.25) is 5.91 Å². The van der Waals surface area contributed by atoms with Crippen LogP contribution in [-0.2, 0) is 9.59 Å². The number of piperidine rings is 1. The Hall–Kier alpha value is -1.00. The Morgan fingerprint density at radius 3 is 2.36 bits per heavy atom. The largest absolute Gasteiger partial charge is 0.332 e. The van der Waals surface area contributed by atoms with Gasteiger partial charge in [-0.3, -0.25) is 9.59 Å². The summed E-state index contributed by atoms with van der Waals surface area (Å²) in [5.74, 6) is -5.09. The second kappa shape index (κ2) is 2.52. The summed E-state index contributed by atoms with van der Waals surface area (Å²) >= 11 is 0. The molecule has 2 rings (SSSR count). The highest BCUT2D eigenvalue weighted by molar-refractivity contribution is 5.88. The SMILES string of the molecule is CC(=O)C1[C@@H]2[C@H](CN1C(C)=O)C2(F)F. The summed E-state index contributed by atoms with van der Waals surface area (Å²) < 4.78 is 26.0. The zero-order chi connectivity index (χ0) is 10.7. The van der Waals surface area contributed by atoms with E-state index in [0.29, 0.717) is 0 Å². The molecule has 1 heterocycles. The van der Waals surface area contributed by atoms with Gasteiger partial charge in [0.15, 0.2) is 5.78 Å². The maximum atomic E-state index is 13.0. The van der Waals surface area contributed by atoms with Crippen molar-refractivity contribution in [3.8, 4) is 0 Å². The lowest BCUT2D eigenvalue weighted by Gasteiger charge is -2.25. The number of nitrogens with zero attached hydrogens (tertiary/aromatic N) is 1. The molecule has 1 saturated heterocycles. The molecule has 1 unspecified atom stereocenters. The Kier molecular flexibility index (Phi) is 1.72. The fourth-order valence-corrected chi connectivity index (χ4v) is 2.40. The lowest BCUT2D eigenvalue weighted by atomic mass is 10.1. The first-order valence-electron chi connectivity index (χ1n) is 4.53. The van der Waals surface area contributed by atoms with E-state index in [2.05, 4.69) is 0 Å². The molecule has 1 saturated carbocycles. The highest BCUT2D eigenvalue weighted by Gasteiger charge is 2.76. The van der Waals surface area contributed by atoms with Crippen molar-refractivity contribution in [2.45, 2.75) is 25.8 Å². The van der Waals surface area contributed by atoms with E-state index in [9.17, 15) is 18.4 Å². The molecule has 3 atom stereocenters. The van der Waals surface area contributed by atoms with Gasteiger partial charge >= 0.3 is 0 Å². The first kappa shape index (κ1) is 9.55. The molecule has 3 nitrogen and oxygen atoms in total. The molecule has 0 radical (unpaired) electrons. The Morgan fingerprint density at radius 2 is 1.93 bits per heavy atom. The molecular weight excluding hydrogens is 192 g/mol. The van der Waals surface area contributed by atoms with E-state index in [-0.39, 0.29) is 18.2 Å². The minimum absolute atomic E-state index is 0.0250. The zero-order valence-electron chi connectivity index (χ0n) is 7.96. The van der Waals surface area contributed by atoms with Crippen LogP contribution in [0.3, 0.4) is 0 Å². The second-order valence-electron chi connectivity index (χ2n) is 4.03. The minimum Gasteiger partial charge on any atom is -0.332 e. The second-order valence-corrected chi connectivity index (χ2v) is 4.03. The van der Waals surface area contributed by atoms with Crippen molar-refractivity contribution in [1.82, 2.24) is 4.90 Å². The Balaban J connectivity index is 2.23. The van der Waals surface area contributed by atoms with Crippen LogP contribution < -0.4 is 0 Å². The summed E-state index contributed by atoms with van der Waals surface area (Å²) in [5.41, 5.74) is 0. The van der Waals surface area contributed by atoms with Gasteiger partial charge in [0.1, 0.15) is 0 Å². The first-order chi connectivity index (χ1) is 6.37. The summed E-state index contributed by atoms with van der Waals surface area (Å²) in [5, 5.41) is 0. The Morgan fingerprint density at radius 1 is 1.36 bits per heavy atom. The molecule has 0 aromatic heterocycles. The number of fused-ring (bicyclic) bond motifs is 1. The molecule has 0 N–H and O–H groups in total. The van der Waals surface area contributed by atoms with Crippen molar-refractivity contribution >= 4 is 11.7 Å². The van der Waals surface area contributed by atoms with Crippen LogP contribution in [-0.4, -0.2) is 35.1 Å². The van der Waals surface area contributed by atoms with Crippen molar-refractivity contribution in [2.75, 3.05) is 6.54 Å². The fraction of sp³-hybridized carbons (Fsp3) is 0.778. The fourth-order valence-electron chi connectivity index (χ4n) is 2.40. The van der Waals surface area contributed by atoms with Gasteiger partial charge in [0.25, 0.3) is 5.92 Å². The minimum atomic E-state index is -2.73. The van der Waals surface area contributed by atoms with Gasteiger partial charge in [-0.2, -0.15) is 0 Å². The summed E-state index contributed by atoms with van der Waals surface area (Å²) in [6.45, 7) is 2.59. The zero-order valence-corrected chi connectivity index (χ0v) is 7.96. The first-order valence-corrected chi connectivity index (χ1v) is 4.53. The van der Waals surface area contributed by atoms with Crippen LogP contribution in [0.4, 0.5) is 8.78 Å². The van der Waals surface area contributed by atoms with E-state index in [4.69, 9.17) is 0 Å². The van der Waals surface area contributed by atoms with E-state index in [0.717, 1.165) is 0 Å². The molecule has 5 heteroatoms. The third-order valence-electron chi connectivity index (χ3n) is 3.15. The number of rotatable bonds is 1. The number of carbonyl (C=O) groups is 2. The number of hydrogen-bond donors (Lipinski definition) is 0. The summed E-state index contributed by atoms with van der Waals surface area (Å²) in [7, 11) is 0. The predicted octanol–water partition coefficient (Wildman–Crippen LogP) is 0.687. The molecule has 1 amide bonds. The van der Waals surface area contributed by atoms with Gasteiger partial charge < -0.3 is 4.90 Å². The Bertz CT molecular complexity index is 316. The third kappa shape index (κ3) is 1.01. The molecule has 1 aliphatic heterocycles. The molecule has 14 heavy (non-hydrogen) atoms. The van der Waals surface area contributed by atoms with Crippen LogP contribution in [0, 0.1) is 11.8 Å². The average molecular weight is 203 g/mol. The number of hydrogen-bond acceptors (Lipinski definition) is 2. The summed E-state index contributed by atoms with van der Waals surface area (Å²) in [6.07, 6.45) is 0. The maximum absolute atomic E-state index is 13.0. The average Bonchev–Trinajstić information content (AvgIpc) is 2.47. The monoisotopic (exact) mass is 203 g/mol.